The van der Waals surface area contributed by atoms with Gasteiger partial charge in [-0.25, -0.2) is 0 Å². The van der Waals surface area contributed by atoms with E-state index in [1.165, 1.54) is 16.0 Å². The monoisotopic (exact) mass is 404 g/mol. The molecular formula is C24H24N2O2S. The number of ether oxygens (including phenoxy) is 1. The van der Waals surface area contributed by atoms with E-state index in [2.05, 4.69) is 47.5 Å². The number of amides is 1. The molecule has 1 heterocycles. The lowest BCUT2D eigenvalue weighted by Crippen LogP contribution is -2.29. The topological polar surface area (TPSA) is 41.6 Å². The van der Waals surface area contributed by atoms with Crippen LogP contribution in [0.15, 0.2) is 71.6 Å². The van der Waals surface area contributed by atoms with Gasteiger partial charge in [0.2, 0.25) is 0 Å². The Morgan fingerprint density at radius 2 is 1.93 bits per heavy atom. The minimum atomic E-state index is -0.119. The van der Waals surface area contributed by atoms with Gasteiger partial charge in [-0.15, -0.1) is 11.8 Å². The summed E-state index contributed by atoms with van der Waals surface area (Å²) in [5.41, 5.74) is 5.04. The molecule has 5 heteroatoms. The maximum atomic E-state index is 12.8. The second-order valence-corrected chi connectivity index (χ2v) is 8.26. The van der Waals surface area contributed by atoms with Crippen LogP contribution in [0.4, 0.5) is 11.4 Å². The van der Waals surface area contributed by atoms with E-state index in [1.54, 1.807) is 7.11 Å². The summed E-state index contributed by atoms with van der Waals surface area (Å²) < 4.78 is 5.23. The Balaban J connectivity index is 1.55. The molecule has 0 spiro atoms. The number of carbonyl (C=O) groups is 1. The van der Waals surface area contributed by atoms with E-state index in [0.29, 0.717) is 11.3 Å². The second-order valence-electron chi connectivity index (χ2n) is 7.12. The average molecular weight is 405 g/mol. The molecule has 1 amide bonds. The second kappa shape index (κ2) is 8.62. The molecule has 0 atom stereocenters. The minimum Gasteiger partial charge on any atom is -0.497 e. The van der Waals surface area contributed by atoms with Crippen molar-refractivity contribution in [2.24, 2.45) is 0 Å². The minimum absolute atomic E-state index is 0.119. The number of hydrogen-bond acceptors (Lipinski definition) is 4. The molecule has 0 unspecified atom stereocenters. The summed E-state index contributed by atoms with van der Waals surface area (Å²) in [4.78, 5) is 16.4. The number of aryl methyl sites for hydroxylation is 1. The SMILES string of the molecule is COc1cccc(NC(=O)c2ccc3c(c2)N(Cc2ccc(C)cc2)CCS3)c1. The highest BCUT2D eigenvalue weighted by Crippen LogP contribution is 2.36. The summed E-state index contributed by atoms with van der Waals surface area (Å²) in [6, 6.07) is 22.0. The van der Waals surface area contributed by atoms with Crippen LogP contribution in [0.3, 0.4) is 0 Å². The van der Waals surface area contributed by atoms with Crippen molar-refractivity contribution in [3.63, 3.8) is 0 Å². The van der Waals surface area contributed by atoms with Crippen molar-refractivity contribution in [2.45, 2.75) is 18.4 Å². The van der Waals surface area contributed by atoms with Crippen LogP contribution in [0.2, 0.25) is 0 Å². The van der Waals surface area contributed by atoms with Crippen molar-refractivity contribution < 1.29 is 9.53 Å². The van der Waals surface area contributed by atoms with Crippen molar-refractivity contribution >= 4 is 29.0 Å². The van der Waals surface area contributed by atoms with E-state index in [0.717, 1.165) is 30.2 Å². The summed E-state index contributed by atoms with van der Waals surface area (Å²) in [5, 5.41) is 2.97. The third kappa shape index (κ3) is 4.57. The van der Waals surface area contributed by atoms with Gasteiger partial charge in [0.15, 0.2) is 0 Å². The largest absolute Gasteiger partial charge is 0.497 e. The predicted octanol–water partition coefficient (Wildman–Crippen LogP) is 5.37. The van der Waals surface area contributed by atoms with Crippen LogP contribution < -0.4 is 15.0 Å². The molecular weight excluding hydrogens is 380 g/mol. The number of nitrogens with one attached hydrogen (secondary N) is 1. The molecule has 0 fully saturated rings. The van der Waals surface area contributed by atoms with Gasteiger partial charge in [0, 0.05) is 41.1 Å². The van der Waals surface area contributed by atoms with Gasteiger partial charge in [-0.3, -0.25) is 4.79 Å². The molecule has 4 rings (SSSR count). The van der Waals surface area contributed by atoms with E-state index in [1.807, 2.05) is 48.2 Å². The van der Waals surface area contributed by atoms with Crippen LogP contribution in [-0.4, -0.2) is 25.3 Å². The molecule has 1 aliphatic heterocycles. The molecule has 0 radical (unpaired) electrons. The Bertz CT molecular complexity index is 1020. The molecule has 0 saturated heterocycles. The van der Waals surface area contributed by atoms with Crippen LogP contribution in [0.1, 0.15) is 21.5 Å². The highest BCUT2D eigenvalue weighted by atomic mass is 32.2. The van der Waals surface area contributed by atoms with Crippen molar-refractivity contribution in [3.05, 3.63) is 83.4 Å². The summed E-state index contributed by atoms with van der Waals surface area (Å²) in [5.74, 6) is 1.65. The number of carbonyl (C=O) groups excluding carboxylic acids is 1. The predicted molar refractivity (Wildman–Crippen MR) is 120 cm³/mol. The van der Waals surface area contributed by atoms with Gasteiger partial charge in [0.25, 0.3) is 5.91 Å². The van der Waals surface area contributed by atoms with E-state index < -0.39 is 0 Å². The molecule has 1 N–H and O–H groups in total. The lowest BCUT2D eigenvalue weighted by atomic mass is 10.1. The first-order valence-electron chi connectivity index (χ1n) is 9.65. The van der Waals surface area contributed by atoms with Crippen LogP contribution >= 0.6 is 11.8 Å². The molecule has 3 aromatic rings. The van der Waals surface area contributed by atoms with Crippen LogP contribution in [0.5, 0.6) is 5.75 Å². The van der Waals surface area contributed by atoms with Gasteiger partial charge in [-0.2, -0.15) is 0 Å². The summed E-state index contributed by atoms with van der Waals surface area (Å²) in [7, 11) is 1.62. The number of fused-ring (bicyclic) bond motifs is 1. The molecule has 0 bridgehead atoms. The van der Waals surface area contributed by atoms with Gasteiger partial charge in [0.1, 0.15) is 5.75 Å². The first kappa shape index (κ1) is 19.4. The Kier molecular flexibility index (Phi) is 5.76. The van der Waals surface area contributed by atoms with Crippen molar-refractivity contribution in [1.29, 1.82) is 0 Å². The third-order valence-electron chi connectivity index (χ3n) is 5.00. The fraction of sp³-hybridized carbons (Fsp3) is 0.208. The zero-order valence-corrected chi connectivity index (χ0v) is 17.5. The molecule has 148 valence electrons. The number of nitrogens with zero attached hydrogens (tertiary/aromatic N) is 1. The van der Waals surface area contributed by atoms with Crippen molar-refractivity contribution in [2.75, 3.05) is 29.6 Å². The lowest BCUT2D eigenvalue weighted by molar-refractivity contribution is 0.102. The maximum absolute atomic E-state index is 12.8. The molecule has 1 aliphatic rings. The summed E-state index contributed by atoms with van der Waals surface area (Å²) >= 11 is 1.84. The third-order valence-corrected chi connectivity index (χ3v) is 6.05. The standard InChI is InChI=1S/C24H24N2O2S/c1-17-6-8-18(9-7-17)16-26-12-13-29-23-11-10-19(14-22(23)26)24(27)25-20-4-3-5-21(15-20)28-2/h3-11,14-15H,12-13,16H2,1-2H3,(H,25,27). The fourth-order valence-corrected chi connectivity index (χ4v) is 4.43. The normalized spacial score (nSPS) is 13.0. The average Bonchev–Trinajstić information content (AvgIpc) is 2.75. The Labute approximate surface area is 175 Å². The quantitative estimate of drug-likeness (QED) is 0.621. The highest BCUT2D eigenvalue weighted by molar-refractivity contribution is 7.99. The summed E-state index contributed by atoms with van der Waals surface area (Å²) in [6.07, 6.45) is 0. The van der Waals surface area contributed by atoms with E-state index in [9.17, 15) is 4.79 Å². The molecule has 0 aromatic heterocycles. The lowest BCUT2D eigenvalue weighted by Gasteiger charge is -2.31. The number of anilines is 2. The van der Waals surface area contributed by atoms with Gasteiger partial charge in [0.05, 0.1) is 12.8 Å². The number of thioether (sulfide) groups is 1. The van der Waals surface area contributed by atoms with Crippen molar-refractivity contribution in [3.8, 4) is 5.75 Å². The van der Waals surface area contributed by atoms with E-state index in [-0.39, 0.29) is 5.91 Å². The van der Waals surface area contributed by atoms with E-state index in [4.69, 9.17) is 4.74 Å². The maximum Gasteiger partial charge on any atom is 0.255 e. The smallest absolute Gasteiger partial charge is 0.255 e. The van der Waals surface area contributed by atoms with Gasteiger partial charge in [-0.1, -0.05) is 35.9 Å². The Morgan fingerprint density at radius 3 is 2.72 bits per heavy atom. The number of benzene rings is 3. The van der Waals surface area contributed by atoms with E-state index >= 15 is 0 Å². The van der Waals surface area contributed by atoms with Gasteiger partial charge in [-0.05, 0) is 42.8 Å². The first-order valence-corrected chi connectivity index (χ1v) is 10.6. The fourth-order valence-electron chi connectivity index (χ4n) is 3.40. The number of hydrogen-bond donors (Lipinski definition) is 1. The van der Waals surface area contributed by atoms with Crippen molar-refractivity contribution in [1.82, 2.24) is 0 Å². The first-order chi connectivity index (χ1) is 14.1. The molecule has 4 nitrogen and oxygen atoms in total. The molecule has 3 aromatic carbocycles. The van der Waals surface area contributed by atoms with Crippen LogP contribution in [0.25, 0.3) is 0 Å². The number of methoxy groups -OCH3 is 1. The molecule has 0 aliphatic carbocycles. The Hall–Kier alpha value is -2.92. The summed E-state index contributed by atoms with van der Waals surface area (Å²) in [6.45, 7) is 3.91. The van der Waals surface area contributed by atoms with Gasteiger partial charge >= 0.3 is 0 Å². The molecule has 0 saturated carbocycles. The van der Waals surface area contributed by atoms with Crippen LogP contribution in [-0.2, 0) is 6.54 Å². The number of rotatable bonds is 5. The zero-order valence-electron chi connectivity index (χ0n) is 16.6. The zero-order chi connectivity index (χ0) is 20.2. The highest BCUT2D eigenvalue weighted by Gasteiger charge is 2.20. The Morgan fingerprint density at radius 1 is 1.10 bits per heavy atom. The molecule has 29 heavy (non-hydrogen) atoms. The van der Waals surface area contributed by atoms with Crippen LogP contribution in [0, 0.1) is 6.92 Å². The van der Waals surface area contributed by atoms with Gasteiger partial charge < -0.3 is 15.0 Å².